The number of aliphatic hydroxyl groups excluding tert-OH is 2. The molecule has 14 heteroatoms. The number of allylic oxidation sites excluding steroid dienone is 1. The largest absolute Gasteiger partial charge is 0.497 e. The van der Waals surface area contributed by atoms with Crippen molar-refractivity contribution in [3.63, 3.8) is 0 Å². The van der Waals surface area contributed by atoms with E-state index in [1.807, 2.05) is 73.7 Å². The molecule has 0 bridgehead atoms. The Hall–Kier alpha value is -6.35. The van der Waals surface area contributed by atoms with Gasteiger partial charge in [-0.2, -0.15) is 0 Å². The van der Waals surface area contributed by atoms with E-state index < -0.39 is 29.9 Å². The summed E-state index contributed by atoms with van der Waals surface area (Å²) in [5.74, 6) is -0.711. The zero-order valence-electron chi connectivity index (χ0n) is 39.3. The van der Waals surface area contributed by atoms with Gasteiger partial charge in [0.15, 0.2) is 0 Å². The Morgan fingerprint density at radius 3 is 2.26 bits per heavy atom. The lowest BCUT2D eigenvalue weighted by Crippen LogP contribution is -2.70. The summed E-state index contributed by atoms with van der Waals surface area (Å²) in [6.07, 6.45) is 7.79. The molecule has 362 valence electrons. The van der Waals surface area contributed by atoms with E-state index in [1.54, 1.807) is 48.4 Å². The molecule has 0 spiro atoms. The number of oxime groups is 1. The van der Waals surface area contributed by atoms with E-state index in [1.165, 1.54) is 7.11 Å². The molecule has 7 rings (SSSR count). The average molecular weight is 932 g/mol. The fourth-order valence-electron chi connectivity index (χ4n) is 10.0. The van der Waals surface area contributed by atoms with Crippen LogP contribution >= 0.6 is 0 Å². The van der Waals surface area contributed by atoms with Gasteiger partial charge >= 0.3 is 12.2 Å². The van der Waals surface area contributed by atoms with Crippen molar-refractivity contribution in [1.82, 2.24) is 4.90 Å². The number of carbonyl (C=O) groups excluding carboxylic acids is 2. The molecule has 6 unspecified atom stereocenters. The number of rotatable bonds is 23. The summed E-state index contributed by atoms with van der Waals surface area (Å²) >= 11 is 0. The summed E-state index contributed by atoms with van der Waals surface area (Å²) in [4.78, 5) is 36.2. The third-order valence-electron chi connectivity index (χ3n) is 13.0. The Bertz CT molecular complexity index is 2360. The van der Waals surface area contributed by atoms with Gasteiger partial charge in [-0.15, -0.1) is 6.58 Å². The van der Waals surface area contributed by atoms with Crippen LogP contribution < -0.4 is 24.3 Å². The first-order valence-electron chi connectivity index (χ1n) is 23.7. The van der Waals surface area contributed by atoms with E-state index in [-0.39, 0.29) is 63.0 Å². The maximum Gasteiger partial charge on any atom is 0.417 e. The van der Waals surface area contributed by atoms with Gasteiger partial charge in [0.25, 0.3) is 0 Å². The number of nitrogens with zero attached hydrogens (tertiary/aromatic N) is 2. The highest BCUT2D eigenvalue weighted by Gasteiger charge is 2.65. The second-order valence-electron chi connectivity index (χ2n) is 17.3. The number of methoxy groups -OCH3 is 2. The molecule has 68 heavy (non-hydrogen) atoms. The van der Waals surface area contributed by atoms with Crippen LogP contribution in [-0.4, -0.2) is 85.4 Å². The fraction of sp³-hybridized carbons (Fsp3) is 0.426. The first-order valence-corrected chi connectivity index (χ1v) is 23.7. The van der Waals surface area contributed by atoms with Crippen molar-refractivity contribution < 1.29 is 53.1 Å². The number of ether oxygens (including phenoxy) is 6. The van der Waals surface area contributed by atoms with Crippen LogP contribution in [-0.2, 0) is 27.5 Å². The van der Waals surface area contributed by atoms with Gasteiger partial charge in [0.2, 0.25) is 5.79 Å². The SMILES string of the molecule is C=CCOC12Oc3ccc(OC(=O)Nc4ccc(OC)cc4OC)cc3C3C(CCCCO)C(CCCCO)C=C(C(=NOCc4ccccc4)CC1N(CCC)C(=O)OCc1ccccc1)C32. The highest BCUT2D eigenvalue weighted by molar-refractivity contribution is 6.03. The molecular weight excluding hydrogens is 867 g/mol. The quantitative estimate of drug-likeness (QED) is 0.0368. The Morgan fingerprint density at radius 1 is 0.882 bits per heavy atom. The molecule has 4 aromatic carbocycles. The number of benzene rings is 4. The standard InChI is InChI=1S/C54H65N3O11/c1-5-27-57(53(61)64-35-37-17-9-7-10-18-37)49-34-46(56-66-36-38-19-11-8-12-20-38)43-31-39(21-13-15-28-58)42(22-14-16-29-59)50-44-32-41(24-26-47(44)68-54(49,51(43)50)65-30-6-2)67-52(60)55-45-25-23-40(62-3)33-48(45)63-4/h6-12,17-20,23-26,31-33,39,42,49-51,58-59H,2,5,13-16,21-22,27-30,34-36H2,1,3-4H3,(H,55,60). The van der Waals surface area contributed by atoms with Crippen LogP contribution in [0.1, 0.15) is 80.9 Å². The number of anilines is 1. The molecule has 1 heterocycles. The van der Waals surface area contributed by atoms with Gasteiger partial charge in [0.05, 0.1) is 38.1 Å². The lowest BCUT2D eigenvalue weighted by atomic mass is 9.55. The molecule has 14 nitrogen and oxygen atoms in total. The van der Waals surface area contributed by atoms with Gasteiger partial charge in [0.1, 0.15) is 42.3 Å². The molecule has 0 saturated heterocycles. The van der Waals surface area contributed by atoms with Crippen molar-refractivity contribution in [1.29, 1.82) is 0 Å². The molecule has 6 atom stereocenters. The van der Waals surface area contributed by atoms with Gasteiger partial charge in [-0.1, -0.05) is 97.7 Å². The van der Waals surface area contributed by atoms with E-state index in [0.717, 1.165) is 47.9 Å². The van der Waals surface area contributed by atoms with E-state index in [2.05, 4.69) is 18.0 Å². The molecule has 3 N–H and O–H groups in total. The summed E-state index contributed by atoms with van der Waals surface area (Å²) in [5, 5.41) is 27.7. The third-order valence-corrected chi connectivity index (χ3v) is 13.0. The smallest absolute Gasteiger partial charge is 0.417 e. The van der Waals surface area contributed by atoms with E-state index >= 15 is 0 Å². The second-order valence-corrected chi connectivity index (χ2v) is 17.3. The van der Waals surface area contributed by atoms with Crippen molar-refractivity contribution >= 4 is 23.6 Å². The number of hydrogen-bond donors (Lipinski definition) is 3. The minimum Gasteiger partial charge on any atom is -0.497 e. The number of nitrogens with one attached hydrogen (secondary N) is 1. The molecule has 2 aliphatic carbocycles. The Morgan fingerprint density at radius 2 is 1.59 bits per heavy atom. The normalized spacial score (nSPS) is 21.8. The summed E-state index contributed by atoms with van der Waals surface area (Å²) in [6.45, 7) is 6.88. The third kappa shape index (κ3) is 11.5. The summed E-state index contributed by atoms with van der Waals surface area (Å²) in [6, 6.07) is 29.0. The minimum absolute atomic E-state index is 0.00610. The van der Waals surface area contributed by atoms with Crippen molar-refractivity contribution in [2.24, 2.45) is 22.9 Å². The van der Waals surface area contributed by atoms with Crippen LogP contribution in [0.3, 0.4) is 0 Å². The van der Waals surface area contributed by atoms with Crippen LogP contribution in [0.2, 0.25) is 0 Å². The zero-order chi connectivity index (χ0) is 47.9. The van der Waals surface area contributed by atoms with Crippen LogP contribution in [0.5, 0.6) is 23.0 Å². The summed E-state index contributed by atoms with van der Waals surface area (Å²) in [5.41, 5.74) is 4.53. The van der Waals surface area contributed by atoms with E-state index in [0.29, 0.717) is 54.5 Å². The number of fused-ring (bicyclic) bond motifs is 2. The van der Waals surface area contributed by atoms with E-state index in [9.17, 15) is 19.8 Å². The van der Waals surface area contributed by atoms with Gasteiger partial charge in [-0.05, 0) is 91.0 Å². The van der Waals surface area contributed by atoms with Crippen LogP contribution in [0, 0.1) is 17.8 Å². The number of hydrogen-bond acceptors (Lipinski definition) is 12. The molecule has 1 fully saturated rings. The lowest BCUT2D eigenvalue weighted by molar-refractivity contribution is -0.255. The maximum atomic E-state index is 14.7. The number of amides is 2. The van der Waals surface area contributed by atoms with Crippen molar-refractivity contribution in [2.45, 2.75) is 89.3 Å². The molecule has 3 aliphatic rings. The van der Waals surface area contributed by atoms with Crippen molar-refractivity contribution in [2.75, 3.05) is 45.9 Å². The molecule has 0 radical (unpaired) electrons. The Labute approximate surface area is 399 Å². The van der Waals surface area contributed by atoms with Gasteiger partial charge in [-0.25, -0.2) is 9.59 Å². The minimum atomic E-state index is -1.49. The lowest BCUT2D eigenvalue weighted by Gasteiger charge is -2.59. The Kier molecular flexibility index (Phi) is 17.6. The first kappa shape index (κ1) is 49.6. The van der Waals surface area contributed by atoms with Crippen LogP contribution in [0.25, 0.3) is 0 Å². The van der Waals surface area contributed by atoms with Crippen molar-refractivity contribution in [3.8, 4) is 23.0 Å². The predicted molar refractivity (Wildman–Crippen MR) is 259 cm³/mol. The monoisotopic (exact) mass is 931 g/mol. The maximum absolute atomic E-state index is 14.7. The Balaban J connectivity index is 1.38. The fourth-order valence-corrected chi connectivity index (χ4v) is 10.0. The topological polar surface area (TPSA) is 167 Å². The number of carbonyl (C=O) groups is 2. The molecule has 4 aromatic rings. The van der Waals surface area contributed by atoms with Gasteiger partial charge < -0.3 is 43.5 Å². The second kappa shape index (κ2) is 24.1. The zero-order valence-corrected chi connectivity index (χ0v) is 39.3. The highest BCUT2D eigenvalue weighted by Crippen LogP contribution is 2.62. The molecule has 1 aliphatic heterocycles. The molecular formula is C54H65N3O11. The molecule has 2 amide bonds. The van der Waals surface area contributed by atoms with E-state index in [4.69, 9.17) is 38.4 Å². The highest BCUT2D eigenvalue weighted by atomic mass is 16.7. The van der Waals surface area contributed by atoms with Crippen LogP contribution in [0.15, 0.2) is 127 Å². The average Bonchev–Trinajstić information content (AvgIpc) is 3.36. The summed E-state index contributed by atoms with van der Waals surface area (Å²) in [7, 11) is 3.05. The predicted octanol–water partition coefficient (Wildman–Crippen LogP) is 10.2. The van der Waals surface area contributed by atoms with Crippen LogP contribution in [0.4, 0.5) is 15.3 Å². The first-order chi connectivity index (χ1) is 33.3. The van der Waals surface area contributed by atoms with Crippen molar-refractivity contribution in [3.05, 3.63) is 138 Å². The van der Waals surface area contributed by atoms with Gasteiger partial charge in [-0.3, -0.25) is 10.2 Å². The summed E-state index contributed by atoms with van der Waals surface area (Å²) < 4.78 is 37.4. The number of aliphatic hydroxyl groups is 2. The molecule has 1 saturated carbocycles. The van der Waals surface area contributed by atoms with Gasteiger partial charge in [0, 0.05) is 43.7 Å². The number of unbranched alkanes of at least 4 members (excludes halogenated alkanes) is 2. The molecule has 0 aromatic heterocycles.